The van der Waals surface area contributed by atoms with Gasteiger partial charge in [0, 0.05) is 23.8 Å². The standard InChI is InChI=1S/C27H32N4O4S/c1-17(2)19-8-10-20(11-9-19)22-13-12-21(24(29-22)31-16-14-18(3)27(31,4)5)25(32)30-36(34,35)23-7-6-15-28-26(23)33/h6-13,15,17-18H,14,16H2,1-5H3,(H,28,33)(H,30,32). The zero-order valence-corrected chi connectivity index (χ0v) is 22.0. The number of carbonyl (C=O) groups excluding carboxylic acids is 1. The first kappa shape index (κ1) is 25.6. The van der Waals surface area contributed by atoms with Gasteiger partial charge >= 0.3 is 0 Å². The van der Waals surface area contributed by atoms with Crippen molar-refractivity contribution in [1.82, 2.24) is 14.7 Å². The normalized spacial score (nSPS) is 17.4. The Morgan fingerprint density at radius 3 is 2.42 bits per heavy atom. The number of aromatic nitrogens is 2. The summed E-state index contributed by atoms with van der Waals surface area (Å²) in [6.45, 7) is 11.3. The number of amides is 1. The average Bonchev–Trinajstić information content (AvgIpc) is 3.10. The Kier molecular flexibility index (Phi) is 6.79. The maximum atomic E-state index is 13.3. The van der Waals surface area contributed by atoms with Gasteiger partial charge in [-0.2, -0.15) is 0 Å². The molecule has 2 aromatic heterocycles. The second-order valence-electron chi connectivity index (χ2n) is 10.1. The summed E-state index contributed by atoms with van der Waals surface area (Å²) in [6.07, 6.45) is 2.25. The minimum Gasteiger partial charge on any atom is -0.351 e. The molecule has 0 aliphatic carbocycles. The zero-order valence-electron chi connectivity index (χ0n) is 21.2. The Labute approximate surface area is 211 Å². The third-order valence-electron chi connectivity index (χ3n) is 7.23. The molecule has 0 spiro atoms. The number of H-pyrrole nitrogens is 1. The Balaban J connectivity index is 1.77. The van der Waals surface area contributed by atoms with Crippen molar-refractivity contribution in [2.24, 2.45) is 5.92 Å². The van der Waals surface area contributed by atoms with Gasteiger partial charge in [-0.3, -0.25) is 9.59 Å². The van der Waals surface area contributed by atoms with Crippen molar-refractivity contribution in [3.05, 3.63) is 76.2 Å². The Morgan fingerprint density at radius 2 is 1.83 bits per heavy atom. The van der Waals surface area contributed by atoms with Gasteiger partial charge in [-0.15, -0.1) is 0 Å². The van der Waals surface area contributed by atoms with Crippen molar-refractivity contribution >= 4 is 21.7 Å². The number of nitrogens with one attached hydrogen (secondary N) is 2. The molecule has 1 fully saturated rings. The number of rotatable bonds is 6. The number of sulfonamides is 1. The van der Waals surface area contributed by atoms with Gasteiger partial charge in [0.25, 0.3) is 21.5 Å². The van der Waals surface area contributed by atoms with Gasteiger partial charge in [-0.25, -0.2) is 18.1 Å². The zero-order chi connectivity index (χ0) is 26.3. The SMILES string of the molecule is CC(C)c1ccc(-c2ccc(C(=O)NS(=O)(=O)c3ccc[nH]c3=O)c(N3CCC(C)C3(C)C)n2)cc1. The second-order valence-corrected chi connectivity index (χ2v) is 11.8. The van der Waals surface area contributed by atoms with E-state index in [9.17, 15) is 18.0 Å². The molecule has 1 aromatic carbocycles. The molecule has 0 saturated carbocycles. The van der Waals surface area contributed by atoms with E-state index in [4.69, 9.17) is 4.98 Å². The summed E-state index contributed by atoms with van der Waals surface area (Å²) < 4.78 is 27.7. The maximum Gasteiger partial charge on any atom is 0.269 e. The van der Waals surface area contributed by atoms with Crippen LogP contribution in [0.15, 0.2) is 64.4 Å². The van der Waals surface area contributed by atoms with E-state index in [2.05, 4.69) is 61.4 Å². The van der Waals surface area contributed by atoms with Gasteiger partial charge in [0.05, 0.1) is 11.3 Å². The molecule has 1 unspecified atom stereocenters. The molecule has 0 radical (unpaired) electrons. The minimum absolute atomic E-state index is 0.135. The minimum atomic E-state index is -4.38. The fraction of sp³-hybridized carbons (Fsp3) is 0.370. The predicted octanol–water partition coefficient (Wildman–Crippen LogP) is 4.30. The summed E-state index contributed by atoms with van der Waals surface area (Å²) in [5.74, 6) is 0.331. The number of hydrogen-bond donors (Lipinski definition) is 2. The average molecular weight is 509 g/mol. The third-order valence-corrected chi connectivity index (χ3v) is 8.59. The molecular formula is C27H32N4O4S. The molecule has 1 saturated heterocycles. The number of nitrogens with zero attached hydrogens (tertiary/aromatic N) is 2. The van der Waals surface area contributed by atoms with Gasteiger partial charge in [-0.05, 0) is 61.9 Å². The Morgan fingerprint density at radius 1 is 1.14 bits per heavy atom. The lowest BCUT2D eigenvalue weighted by Gasteiger charge is -2.36. The summed E-state index contributed by atoms with van der Waals surface area (Å²) in [7, 11) is -4.38. The lowest BCUT2D eigenvalue weighted by Crippen LogP contribution is -2.44. The molecule has 3 heterocycles. The first-order chi connectivity index (χ1) is 16.9. The lowest BCUT2D eigenvalue weighted by atomic mass is 9.90. The van der Waals surface area contributed by atoms with Crippen molar-refractivity contribution in [2.45, 2.75) is 57.4 Å². The van der Waals surface area contributed by atoms with Crippen LogP contribution in [0, 0.1) is 5.92 Å². The predicted molar refractivity (Wildman–Crippen MR) is 141 cm³/mol. The van der Waals surface area contributed by atoms with Crippen molar-refractivity contribution in [3.8, 4) is 11.3 Å². The van der Waals surface area contributed by atoms with Crippen LogP contribution >= 0.6 is 0 Å². The molecule has 190 valence electrons. The van der Waals surface area contributed by atoms with Gasteiger partial charge < -0.3 is 9.88 Å². The van der Waals surface area contributed by atoms with Crippen LogP contribution in [-0.4, -0.2) is 36.4 Å². The number of aromatic amines is 1. The molecule has 0 bridgehead atoms. The molecule has 1 amide bonds. The molecule has 9 heteroatoms. The van der Waals surface area contributed by atoms with Gasteiger partial charge in [0.15, 0.2) is 4.90 Å². The monoisotopic (exact) mass is 508 g/mol. The highest BCUT2D eigenvalue weighted by atomic mass is 32.2. The van der Waals surface area contributed by atoms with Gasteiger partial charge in [0.2, 0.25) is 0 Å². The molecule has 8 nitrogen and oxygen atoms in total. The van der Waals surface area contributed by atoms with Crippen molar-refractivity contribution < 1.29 is 13.2 Å². The number of pyridine rings is 2. The molecule has 36 heavy (non-hydrogen) atoms. The van der Waals surface area contributed by atoms with E-state index in [0.29, 0.717) is 29.9 Å². The highest BCUT2D eigenvalue weighted by Gasteiger charge is 2.41. The van der Waals surface area contributed by atoms with Crippen LogP contribution in [0.25, 0.3) is 11.3 Å². The van der Waals surface area contributed by atoms with Crippen LogP contribution in [0.5, 0.6) is 0 Å². The van der Waals surface area contributed by atoms with Crippen LogP contribution in [0.4, 0.5) is 5.82 Å². The topological polar surface area (TPSA) is 112 Å². The maximum absolute atomic E-state index is 13.3. The fourth-order valence-electron chi connectivity index (χ4n) is 4.49. The number of carbonyl (C=O) groups is 1. The first-order valence-electron chi connectivity index (χ1n) is 12.1. The summed E-state index contributed by atoms with van der Waals surface area (Å²) in [5.41, 5.74) is 1.85. The van der Waals surface area contributed by atoms with Crippen LogP contribution in [0.1, 0.15) is 62.9 Å². The summed E-state index contributed by atoms with van der Waals surface area (Å²) in [5, 5.41) is 0. The summed E-state index contributed by atoms with van der Waals surface area (Å²) in [4.78, 5) is 34.1. The van der Waals surface area contributed by atoms with Crippen molar-refractivity contribution in [1.29, 1.82) is 0 Å². The van der Waals surface area contributed by atoms with E-state index in [0.717, 1.165) is 18.1 Å². The molecule has 2 N–H and O–H groups in total. The largest absolute Gasteiger partial charge is 0.351 e. The molecule has 1 aliphatic heterocycles. The smallest absolute Gasteiger partial charge is 0.269 e. The molecule has 1 atom stereocenters. The van der Waals surface area contributed by atoms with E-state index in [1.165, 1.54) is 17.8 Å². The molecule has 3 aromatic rings. The van der Waals surface area contributed by atoms with E-state index in [1.54, 1.807) is 12.1 Å². The molecule has 4 rings (SSSR count). The second kappa shape index (κ2) is 9.54. The molecule has 1 aliphatic rings. The summed E-state index contributed by atoms with van der Waals surface area (Å²) >= 11 is 0. The number of anilines is 1. The van der Waals surface area contributed by atoms with Crippen LogP contribution < -0.4 is 15.2 Å². The van der Waals surface area contributed by atoms with Crippen LogP contribution in [0.3, 0.4) is 0 Å². The third kappa shape index (κ3) is 4.80. The van der Waals surface area contributed by atoms with Crippen molar-refractivity contribution in [3.63, 3.8) is 0 Å². The fourth-order valence-corrected chi connectivity index (χ4v) is 5.51. The Bertz CT molecular complexity index is 1440. The first-order valence-corrected chi connectivity index (χ1v) is 13.5. The molecular weight excluding hydrogens is 476 g/mol. The van der Waals surface area contributed by atoms with E-state index >= 15 is 0 Å². The number of hydrogen-bond acceptors (Lipinski definition) is 6. The van der Waals surface area contributed by atoms with E-state index in [1.807, 2.05) is 12.1 Å². The lowest BCUT2D eigenvalue weighted by molar-refractivity contribution is 0.0981. The van der Waals surface area contributed by atoms with Crippen molar-refractivity contribution in [2.75, 3.05) is 11.4 Å². The van der Waals surface area contributed by atoms with E-state index in [-0.39, 0.29) is 11.1 Å². The number of benzene rings is 1. The van der Waals surface area contributed by atoms with E-state index < -0.39 is 26.4 Å². The highest BCUT2D eigenvalue weighted by molar-refractivity contribution is 7.90. The quantitative estimate of drug-likeness (QED) is 0.513. The van der Waals surface area contributed by atoms with Gasteiger partial charge in [-0.1, -0.05) is 45.0 Å². The Hall–Kier alpha value is -3.46. The van der Waals surface area contributed by atoms with Crippen LogP contribution in [-0.2, 0) is 10.0 Å². The van der Waals surface area contributed by atoms with Gasteiger partial charge in [0.1, 0.15) is 5.82 Å². The summed E-state index contributed by atoms with van der Waals surface area (Å²) in [6, 6.07) is 14.0. The highest BCUT2D eigenvalue weighted by Crippen LogP contribution is 2.39. The van der Waals surface area contributed by atoms with Crippen LogP contribution in [0.2, 0.25) is 0 Å².